The molecule has 0 radical (unpaired) electrons. The highest BCUT2D eigenvalue weighted by Crippen LogP contribution is 2.00. The monoisotopic (exact) mass is 191 g/mol. The lowest BCUT2D eigenvalue weighted by Crippen LogP contribution is -2.26. The predicted molar refractivity (Wildman–Crippen MR) is 38.1 cm³/mol. The van der Waals surface area contributed by atoms with Crippen LogP contribution in [-0.2, 0) is 10.0 Å². The molecular formula is C3H7Cl2NO2S. The highest BCUT2D eigenvalue weighted by molar-refractivity contribution is 7.90. The summed E-state index contributed by atoms with van der Waals surface area (Å²) in [7, 11) is -1.92. The van der Waals surface area contributed by atoms with Crippen molar-refractivity contribution in [2.45, 2.75) is 0 Å². The summed E-state index contributed by atoms with van der Waals surface area (Å²) in [4.78, 5) is 0. The van der Waals surface area contributed by atoms with E-state index in [0.29, 0.717) is 0 Å². The summed E-state index contributed by atoms with van der Waals surface area (Å²) in [5, 5.41) is -0.420. The van der Waals surface area contributed by atoms with E-state index in [0.717, 1.165) is 4.31 Å². The van der Waals surface area contributed by atoms with Crippen molar-refractivity contribution in [2.75, 3.05) is 18.3 Å². The molecule has 0 aromatic heterocycles. The smallest absolute Gasteiger partial charge is 0.211 e. The molecule has 56 valence electrons. The molecule has 0 bridgehead atoms. The molecular weight excluding hydrogens is 185 g/mol. The SMILES string of the molecule is CN(CCl)S(=O)(=O)CCl. The van der Waals surface area contributed by atoms with E-state index in [2.05, 4.69) is 0 Å². The van der Waals surface area contributed by atoms with Gasteiger partial charge >= 0.3 is 0 Å². The van der Waals surface area contributed by atoms with Gasteiger partial charge in [0.1, 0.15) is 5.21 Å². The largest absolute Gasteiger partial charge is 0.228 e. The zero-order valence-corrected chi connectivity index (χ0v) is 7.17. The Hall–Kier alpha value is 0.490. The first-order valence-corrected chi connectivity index (χ1v) is 4.78. The molecule has 0 heterocycles. The molecule has 0 rings (SSSR count). The fourth-order valence-corrected chi connectivity index (χ4v) is 1.42. The van der Waals surface area contributed by atoms with Gasteiger partial charge in [0.25, 0.3) is 0 Å². The molecule has 0 aliphatic rings. The van der Waals surface area contributed by atoms with Gasteiger partial charge in [-0.3, -0.25) is 0 Å². The number of halogens is 2. The second-order valence-corrected chi connectivity index (χ2v) is 4.34. The van der Waals surface area contributed by atoms with E-state index in [-0.39, 0.29) is 6.00 Å². The predicted octanol–water partition coefficient (Wildman–Crippen LogP) is 0.641. The van der Waals surface area contributed by atoms with Crippen molar-refractivity contribution in [3.8, 4) is 0 Å². The van der Waals surface area contributed by atoms with Gasteiger partial charge < -0.3 is 0 Å². The fourth-order valence-electron chi connectivity index (χ4n) is 0.158. The second-order valence-electron chi connectivity index (χ2n) is 1.44. The summed E-state index contributed by atoms with van der Waals surface area (Å²) in [6, 6.07) is -0.0605. The fraction of sp³-hybridized carbons (Fsp3) is 1.00. The molecule has 3 nitrogen and oxygen atoms in total. The molecule has 0 saturated heterocycles. The van der Waals surface area contributed by atoms with E-state index >= 15 is 0 Å². The zero-order chi connectivity index (χ0) is 7.49. The molecule has 0 atom stereocenters. The standard InChI is InChI=1S/C3H7Cl2NO2S/c1-6(2-4)9(7,8)3-5/h2-3H2,1H3. The molecule has 6 heteroatoms. The number of rotatable bonds is 3. The van der Waals surface area contributed by atoms with Crippen LogP contribution in [0.3, 0.4) is 0 Å². The lowest BCUT2D eigenvalue weighted by Gasteiger charge is -2.09. The Kier molecular flexibility index (Phi) is 3.80. The lowest BCUT2D eigenvalue weighted by atomic mass is 11.3. The molecule has 9 heavy (non-hydrogen) atoms. The van der Waals surface area contributed by atoms with Crippen LogP contribution >= 0.6 is 23.2 Å². The molecule has 0 amide bonds. The van der Waals surface area contributed by atoms with E-state index < -0.39 is 15.2 Å². The van der Waals surface area contributed by atoms with Crippen molar-refractivity contribution in [3.63, 3.8) is 0 Å². The normalized spacial score (nSPS) is 12.4. The topological polar surface area (TPSA) is 37.4 Å². The van der Waals surface area contributed by atoms with Crippen LogP contribution in [0.5, 0.6) is 0 Å². The maximum absolute atomic E-state index is 10.6. The van der Waals surface area contributed by atoms with Crippen LogP contribution in [-0.4, -0.2) is 31.0 Å². The minimum atomic E-state index is -3.28. The van der Waals surface area contributed by atoms with Gasteiger partial charge in [0.05, 0.1) is 6.00 Å². The van der Waals surface area contributed by atoms with E-state index in [4.69, 9.17) is 23.2 Å². The average molecular weight is 192 g/mol. The third kappa shape index (κ3) is 2.71. The minimum Gasteiger partial charge on any atom is -0.211 e. The zero-order valence-electron chi connectivity index (χ0n) is 4.84. The number of hydrogen-bond acceptors (Lipinski definition) is 2. The Balaban J connectivity index is 4.17. The Morgan fingerprint density at radius 2 is 1.89 bits per heavy atom. The van der Waals surface area contributed by atoms with Crippen molar-refractivity contribution in [2.24, 2.45) is 0 Å². The van der Waals surface area contributed by atoms with Crippen LogP contribution in [0.25, 0.3) is 0 Å². The molecule has 0 spiro atoms. The van der Waals surface area contributed by atoms with Gasteiger partial charge in [0.2, 0.25) is 10.0 Å². The summed E-state index contributed by atoms with van der Waals surface area (Å²) in [5.41, 5.74) is 0. The lowest BCUT2D eigenvalue weighted by molar-refractivity contribution is 0.516. The molecule has 0 saturated carbocycles. The van der Waals surface area contributed by atoms with Gasteiger partial charge in [-0.2, -0.15) is 4.31 Å². The highest BCUT2D eigenvalue weighted by atomic mass is 35.5. The van der Waals surface area contributed by atoms with Gasteiger partial charge in [-0.15, -0.1) is 23.2 Å². The Labute approximate surface area is 64.6 Å². The van der Waals surface area contributed by atoms with Gasteiger partial charge in [0, 0.05) is 7.05 Å². The molecule has 0 aromatic carbocycles. The van der Waals surface area contributed by atoms with Gasteiger partial charge in [-0.25, -0.2) is 8.42 Å². The summed E-state index contributed by atoms with van der Waals surface area (Å²) in [5.74, 6) is 0. The van der Waals surface area contributed by atoms with E-state index in [1.165, 1.54) is 7.05 Å². The minimum absolute atomic E-state index is 0.0605. The van der Waals surface area contributed by atoms with Crippen molar-refractivity contribution in [1.82, 2.24) is 4.31 Å². The van der Waals surface area contributed by atoms with Crippen molar-refractivity contribution >= 4 is 33.2 Å². The van der Waals surface area contributed by atoms with E-state index in [1.54, 1.807) is 0 Å². The highest BCUT2D eigenvalue weighted by Gasteiger charge is 2.13. The summed E-state index contributed by atoms with van der Waals surface area (Å²) in [6.07, 6.45) is 0. The maximum Gasteiger partial charge on any atom is 0.228 e. The van der Waals surface area contributed by atoms with Crippen LogP contribution in [0.1, 0.15) is 0 Å². The first-order valence-electron chi connectivity index (χ1n) is 2.10. The van der Waals surface area contributed by atoms with Crippen LogP contribution in [0, 0.1) is 0 Å². The summed E-state index contributed by atoms with van der Waals surface area (Å²) < 4.78 is 22.3. The quantitative estimate of drug-likeness (QED) is 0.486. The van der Waals surface area contributed by atoms with Crippen molar-refractivity contribution in [3.05, 3.63) is 0 Å². The molecule has 0 fully saturated rings. The number of nitrogens with zero attached hydrogens (tertiary/aromatic N) is 1. The molecule has 0 aliphatic carbocycles. The first-order chi connectivity index (χ1) is 4.04. The molecule has 0 aromatic rings. The van der Waals surface area contributed by atoms with Crippen molar-refractivity contribution < 1.29 is 8.42 Å². The number of sulfonamides is 1. The van der Waals surface area contributed by atoms with Crippen LogP contribution in [0.2, 0.25) is 0 Å². The van der Waals surface area contributed by atoms with Gasteiger partial charge in [0.15, 0.2) is 0 Å². The van der Waals surface area contributed by atoms with Gasteiger partial charge in [-0.05, 0) is 0 Å². The Morgan fingerprint density at radius 3 is 2.00 bits per heavy atom. The van der Waals surface area contributed by atoms with Crippen LogP contribution in [0.15, 0.2) is 0 Å². The maximum atomic E-state index is 10.6. The van der Waals surface area contributed by atoms with Crippen LogP contribution in [0.4, 0.5) is 0 Å². The van der Waals surface area contributed by atoms with E-state index in [1.807, 2.05) is 0 Å². The Morgan fingerprint density at radius 1 is 1.44 bits per heavy atom. The van der Waals surface area contributed by atoms with Crippen LogP contribution < -0.4 is 0 Å². The summed E-state index contributed by atoms with van der Waals surface area (Å²) in [6.45, 7) is 0. The average Bonchev–Trinajstić information content (AvgIpc) is 1.86. The molecule has 0 N–H and O–H groups in total. The Bertz CT molecular complexity index is 167. The number of hydrogen-bond donors (Lipinski definition) is 0. The molecule has 0 aliphatic heterocycles. The van der Waals surface area contributed by atoms with E-state index in [9.17, 15) is 8.42 Å². The first kappa shape index (κ1) is 9.49. The third-order valence-corrected chi connectivity index (χ3v) is 3.46. The van der Waals surface area contributed by atoms with Crippen molar-refractivity contribution in [1.29, 1.82) is 0 Å². The number of alkyl halides is 2. The molecule has 0 unspecified atom stereocenters. The third-order valence-electron chi connectivity index (χ3n) is 0.781. The second kappa shape index (κ2) is 3.61. The summed E-state index contributed by atoms with van der Waals surface area (Å²) >= 11 is 10.3. The van der Waals surface area contributed by atoms with Gasteiger partial charge in [-0.1, -0.05) is 0 Å².